The van der Waals surface area contributed by atoms with Gasteiger partial charge in [0.25, 0.3) is 0 Å². The highest BCUT2D eigenvalue weighted by Crippen LogP contribution is 2.22. The summed E-state index contributed by atoms with van der Waals surface area (Å²) in [6.07, 6.45) is 1.55. The van der Waals surface area contributed by atoms with Gasteiger partial charge in [-0.3, -0.25) is 4.31 Å². The van der Waals surface area contributed by atoms with Gasteiger partial charge in [0.15, 0.2) is 0 Å². The number of anilines is 1. The molecule has 0 fully saturated rings. The average Bonchev–Trinajstić information content (AvgIpc) is 2.34. The summed E-state index contributed by atoms with van der Waals surface area (Å²) < 4.78 is 25.9. The van der Waals surface area contributed by atoms with Crippen LogP contribution in [0.1, 0.15) is 24.0 Å². The van der Waals surface area contributed by atoms with E-state index in [9.17, 15) is 8.42 Å². The lowest BCUT2D eigenvalue weighted by molar-refractivity contribution is 0.588. The van der Waals surface area contributed by atoms with Crippen molar-refractivity contribution in [3.63, 3.8) is 0 Å². The number of benzene rings is 1. The van der Waals surface area contributed by atoms with E-state index in [0.29, 0.717) is 6.42 Å². The van der Waals surface area contributed by atoms with Crippen molar-refractivity contribution in [3.8, 4) is 0 Å². The Morgan fingerprint density at radius 2 is 1.89 bits per heavy atom. The zero-order chi connectivity index (χ0) is 14.5. The molecule has 0 spiro atoms. The molecular weight excluding hydrogens is 260 g/mol. The third kappa shape index (κ3) is 4.51. The van der Waals surface area contributed by atoms with Gasteiger partial charge < -0.3 is 5.32 Å². The number of unbranched alkanes of at least 4 members (excludes halogenated alkanes) is 1. The van der Waals surface area contributed by atoms with E-state index in [1.54, 1.807) is 7.05 Å². The number of sulfonamides is 1. The van der Waals surface area contributed by atoms with Crippen LogP contribution in [0, 0.1) is 13.8 Å². The molecule has 0 saturated heterocycles. The molecule has 0 aliphatic rings. The van der Waals surface area contributed by atoms with Gasteiger partial charge in [-0.05, 0) is 51.9 Å². The van der Waals surface area contributed by atoms with E-state index in [0.717, 1.165) is 29.8 Å². The highest BCUT2D eigenvalue weighted by molar-refractivity contribution is 7.92. The second-order valence-corrected chi connectivity index (χ2v) is 7.00. The van der Waals surface area contributed by atoms with Gasteiger partial charge >= 0.3 is 0 Å². The van der Waals surface area contributed by atoms with Crippen molar-refractivity contribution in [3.05, 3.63) is 29.3 Å². The lowest BCUT2D eigenvalue weighted by Crippen LogP contribution is -2.29. The SMILES string of the molecule is CNCCCCS(=O)(=O)N(C)c1ccc(C)cc1C. The Morgan fingerprint density at radius 3 is 2.47 bits per heavy atom. The molecule has 0 aromatic heterocycles. The van der Waals surface area contributed by atoms with Crippen LogP contribution in [0.15, 0.2) is 18.2 Å². The zero-order valence-corrected chi connectivity index (χ0v) is 13.0. The largest absolute Gasteiger partial charge is 0.320 e. The average molecular weight is 284 g/mol. The molecule has 1 aromatic carbocycles. The number of nitrogens with one attached hydrogen (secondary N) is 1. The number of hydrogen-bond donors (Lipinski definition) is 1. The van der Waals surface area contributed by atoms with E-state index < -0.39 is 10.0 Å². The van der Waals surface area contributed by atoms with Crippen LogP contribution < -0.4 is 9.62 Å². The predicted molar refractivity (Wildman–Crippen MR) is 81.3 cm³/mol. The fourth-order valence-corrected chi connectivity index (χ4v) is 3.38. The summed E-state index contributed by atoms with van der Waals surface area (Å²) in [4.78, 5) is 0. The lowest BCUT2D eigenvalue weighted by Gasteiger charge is -2.21. The second-order valence-electron chi connectivity index (χ2n) is 4.88. The zero-order valence-electron chi connectivity index (χ0n) is 12.2. The van der Waals surface area contributed by atoms with Crippen LogP contribution >= 0.6 is 0 Å². The van der Waals surface area contributed by atoms with Crippen molar-refractivity contribution in [1.82, 2.24) is 5.32 Å². The Kier molecular flexibility index (Phi) is 5.82. The van der Waals surface area contributed by atoms with Gasteiger partial charge in [-0.25, -0.2) is 8.42 Å². The van der Waals surface area contributed by atoms with Crippen LogP contribution in [0.5, 0.6) is 0 Å². The molecule has 5 heteroatoms. The molecule has 1 rings (SSSR count). The highest BCUT2D eigenvalue weighted by atomic mass is 32.2. The van der Waals surface area contributed by atoms with E-state index in [1.165, 1.54) is 4.31 Å². The predicted octanol–water partition coefficient (Wildman–Crippen LogP) is 2.07. The summed E-state index contributed by atoms with van der Waals surface area (Å²) in [6.45, 7) is 4.79. The fourth-order valence-electron chi connectivity index (χ4n) is 2.03. The second kappa shape index (κ2) is 6.91. The monoisotopic (exact) mass is 284 g/mol. The standard InChI is InChI=1S/C14H24N2O2S/c1-12-7-8-14(13(2)11-12)16(4)19(17,18)10-6-5-9-15-3/h7-8,11,15H,5-6,9-10H2,1-4H3. The number of hydrogen-bond acceptors (Lipinski definition) is 3. The summed E-state index contributed by atoms with van der Waals surface area (Å²) in [5.74, 6) is 0.193. The van der Waals surface area contributed by atoms with Gasteiger partial charge in [0, 0.05) is 7.05 Å². The van der Waals surface area contributed by atoms with Gasteiger partial charge in [-0.2, -0.15) is 0 Å². The summed E-state index contributed by atoms with van der Waals surface area (Å²) in [5, 5.41) is 3.02. The third-order valence-corrected chi connectivity index (χ3v) is 5.02. The first-order valence-corrected chi connectivity index (χ1v) is 8.18. The molecule has 0 amide bonds. The Hall–Kier alpha value is -1.07. The Labute approximate surface area is 116 Å². The molecule has 0 radical (unpaired) electrons. The molecule has 0 aliphatic heterocycles. The van der Waals surface area contributed by atoms with E-state index in [4.69, 9.17) is 0 Å². The van der Waals surface area contributed by atoms with Crippen LogP contribution in [0.3, 0.4) is 0 Å². The fraction of sp³-hybridized carbons (Fsp3) is 0.571. The maximum atomic E-state index is 12.2. The maximum Gasteiger partial charge on any atom is 0.234 e. The van der Waals surface area contributed by atoms with Gasteiger partial charge in [0.05, 0.1) is 11.4 Å². The molecule has 0 unspecified atom stereocenters. The van der Waals surface area contributed by atoms with Crippen LogP contribution in [0.2, 0.25) is 0 Å². The minimum atomic E-state index is -3.22. The van der Waals surface area contributed by atoms with Crippen molar-refractivity contribution < 1.29 is 8.42 Å². The minimum Gasteiger partial charge on any atom is -0.320 e. The quantitative estimate of drug-likeness (QED) is 0.780. The molecule has 0 atom stereocenters. The highest BCUT2D eigenvalue weighted by Gasteiger charge is 2.19. The van der Waals surface area contributed by atoms with Crippen molar-refractivity contribution >= 4 is 15.7 Å². The van der Waals surface area contributed by atoms with Crippen molar-refractivity contribution in [2.24, 2.45) is 0 Å². The molecule has 4 nitrogen and oxygen atoms in total. The summed E-state index contributed by atoms with van der Waals surface area (Å²) >= 11 is 0. The third-order valence-electron chi connectivity index (χ3n) is 3.19. The molecule has 19 heavy (non-hydrogen) atoms. The smallest absolute Gasteiger partial charge is 0.234 e. The summed E-state index contributed by atoms with van der Waals surface area (Å²) in [6, 6.07) is 5.81. The van der Waals surface area contributed by atoms with Gasteiger partial charge in [0.2, 0.25) is 10.0 Å². The summed E-state index contributed by atoms with van der Waals surface area (Å²) in [7, 11) is 0.278. The lowest BCUT2D eigenvalue weighted by atomic mass is 10.1. The first-order valence-electron chi connectivity index (χ1n) is 6.57. The number of nitrogens with zero attached hydrogens (tertiary/aromatic N) is 1. The van der Waals surface area contributed by atoms with Crippen molar-refractivity contribution in [2.45, 2.75) is 26.7 Å². The van der Waals surface area contributed by atoms with Crippen molar-refractivity contribution in [1.29, 1.82) is 0 Å². The van der Waals surface area contributed by atoms with Crippen LogP contribution in [-0.2, 0) is 10.0 Å². The van der Waals surface area contributed by atoms with E-state index in [-0.39, 0.29) is 5.75 Å². The van der Waals surface area contributed by atoms with Crippen LogP contribution in [-0.4, -0.2) is 34.8 Å². The normalized spacial score (nSPS) is 11.6. The maximum absolute atomic E-state index is 12.2. The van der Waals surface area contributed by atoms with E-state index in [2.05, 4.69) is 5.32 Å². The molecule has 0 aliphatic carbocycles. The van der Waals surface area contributed by atoms with Crippen LogP contribution in [0.4, 0.5) is 5.69 Å². The first-order chi connectivity index (χ1) is 8.88. The molecule has 0 heterocycles. The number of rotatable bonds is 7. The molecule has 0 bridgehead atoms. The molecule has 1 N–H and O–H groups in total. The Morgan fingerprint density at radius 1 is 1.21 bits per heavy atom. The topological polar surface area (TPSA) is 49.4 Å². The summed E-state index contributed by atoms with van der Waals surface area (Å²) in [5.41, 5.74) is 2.89. The number of aryl methyl sites for hydroxylation is 2. The van der Waals surface area contributed by atoms with Crippen molar-refractivity contribution in [2.75, 3.05) is 30.7 Å². The Balaban J connectivity index is 2.77. The minimum absolute atomic E-state index is 0.193. The van der Waals surface area contributed by atoms with Gasteiger partial charge in [-0.1, -0.05) is 17.7 Å². The first kappa shape index (κ1) is 16.0. The molecule has 108 valence electrons. The molecular formula is C14H24N2O2S. The Bertz CT molecular complexity index is 512. The van der Waals surface area contributed by atoms with Gasteiger partial charge in [0.1, 0.15) is 0 Å². The van der Waals surface area contributed by atoms with E-state index >= 15 is 0 Å². The van der Waals surface area contributed by atoms with Gasteiger partial charge in [-0.15, -0.1) is 0 Å². The van der Waals surface area contributed by atoms with E-state index in [1.807, 2.05) is 39.1 Å². The molecule has 1 aromatic rings. The van der Waals surface area contributed by atoms with Crippen LogP contribution in [0.25, 0.3) is 0 Å². The molecule has 0 saturated carbocycles.